The van der Waals surface area contributed by atoms with E-state index in [0.717, 1.165) is 21.7 Å². The van der Waals surface area contributed by atoms with Gasteiger partial charge in [0.2, 0.25) is 0 Å². The average Bonchev–Trinajstić information content (AvgIpc) is 3.14. The highest BCUT2D eigenvalue weighted by atomic mass is 28.4. The van der Waals surface area contributed by atoms with Gasteiger partial charge < -0.3 is 28.8 Å². The van der Waals surface area contributed by atoms with Crippen LogP contribution in [-0.4, -0.2) is 62.6 Å². The van der Waals surface area contributed by atoms with Gasteiger partial charge in [0.1, 0.15) is 17.7 Å². The average molecular weight is 701 g/mol. The fraction of sp³-hybridized carbons (Fsp3) is 0.341. The van der Waals surface area contributed by atoms with Crippen LogP contribution >= 0.6 is 0 Å². The zero-order chi connectivity index (χ0) is 36.1. The number of aliphatic hydroxyl groups is 2. The molecule has 0 aliphatic heterocycles. The maximum Gasteiger partial charge on any atom is 0.338 e. The van der Waals surface area contributed by atoms with Crippen LogP contribution in [0.1, 0.15) is 56.5 Å². The molecule has 9 heteroatoms. The van der Waals surface area contributed by atoms with Crippen LogP contribution in [0.4, 0.5) is 4.39 Å². The first kappa shape index (κ1) is 38.7. The normalized spacial score (nSPS) is 14.8. The van der Waals surface area contributed by atoms with E-state index in [1.165, 1.54) is 18.2 Å². The first-order valence-electron chi connectivity index (χ1n) is 16.9. The monoisotopic (exact) mass is 700 g/mol. The maximum atomic E-state index is 15.9. The highest BCUT2D eigenvalue weighted by molar-refractivity contribution is 6.99. The summed E-state index contributed by atoms with van der Waals surface area (Å²) in [6.45, 7) is 8.61. The number of carbonyl (C=O) groups excluding carboxylic acids is 1. The third-order valence-electron chi connectivity index (χ3n) is 8.71. The molecule has 0 amide bonds. The highest BCUT2D eigenvalue weighted by Crippen LogP contribution is 2.37. The summed E-state index contributed by atoms with van der Waals surface area (Å²) in [7, 11) is -1.32. The Labute approximate surface area is 296 Å². The van der Waals surface area contributed by atoms with Gasteiger partial charge in [-0.15, -0.1) is 0 Å². The molecule has 0 aliphatic rings. The van der Waals surface area contributed by atoms with Crippen molar-refractivity contribution >= 4 is 24.7 Å². The van der Waals surface area contributed by atoms with E-state index < -0.39 is 44.5 Å². The topological polar surface area (TPSA) is 94.5 Å². The zero-order valence-electron chi connectivity index (χ0n) is 29.5. The Kier molecular flexibility index (Phi) is 14.1. The Morgan fingerprint density at radius 3 is 1.90 bits per heavy atom. The van der Waals surface area contributed by atoms with Gasteiger partial charge in [0, 0.05) is 6.61 Å². The van der Waals surface area contributed by atoms with Gasteiger partial charge in [0.05, 0.1) is 31.5 Å². The van der Waals surface area contributed by atoms with Crippen molar-refractivity contribution < 1.29 is 38.0 Å². The summed E-state index contributed by atoms with van der Waals surface area (Å²) < 4.78 is 39.4. The number of aliphatic hydroxyl groups excluding tert-OH is 2. The van der Waals surface area contributed by atoms with E-state index in [9.17, 15) is 15.0 Å². The van der Waals surface area contributed by atoms with Crippen molar-refractivity contribution in [2.24, 2.45) is 0 Å². The summed E-state index contributed by atoms with van der Waals surface area (Å²) in [6.07, 6.45) is -4.03. The molecule has 0 heterocycles. The maximum absolute atomic E-state index is 15.9. The molecule has 0 aromatic heterocycles. The first-order chi connectivity index (χ1) is 24.0. The largest absolute Gasteiger partial charge is 0.497 e. The number of ether oxygens (including phenoxy) is 3. The van der Waals surface area contributed by atoms with Gasteiger partial charge in [-0.05, 0) is 71.1 Å². The van der Waals surface area contributed by atoms with E-state index in [0.29, 0.717) is 6.61 Å². The number of hydrogen-bond donors (Lipinski definition) is 2. The second-order valence-corrected chi connectivity index (χ2v) is 17.7. The molecule has 266 valence electrons. The van der Waals surface area contributed by atoms with Crippen molar-refractivity contribution in [3.8, 4) is 5.75 Å². The fourth-order valence-corrected chi connectivity index (χ4v) is 10.5. The molecule has 4 aromatic rings. The van der Waals surface area contributed by atoms with Crippen LogP contribution in [-0.2, 0) is 20.5 Å². The summed E-state index contributed by atoms with van der Waals surface area (Å²) in [5, 5.41) is 24.4. The van der Waals surface area contributed by atoms with Crippen LogP contribution < -0.4 is 15.1 Å². The van der Waals surface area contributed by atoms with Gasteiger partial charge in [-0.3, -0.25) is 0 Å². The van der Waals surface area contributed by atoms with E-state index in [-0.39, 0.29) is 30.1 Å². The lowest BCUT2D eigenvalue weighted by molar-refractivity contribution is -0.0684. The number of halogens is 1. The van der Waals surface area contributed by atoms with E-state index in [1.807, 2.05) is 60.7 Å². The van der Waals surface area contributed by atoms with Crippen LogP contribution in [0.15, 0.2) is 127 Å². The molecule has 3 unspecified atom stereocenters. The van der Waals surface area contributed by atoms with Crippen LogP contribution in [0.3, 0.4) is 0 Å². The number of benzene rings is 4. The molecule has 4 aromatic carbocycles. The molecule has 0 aliphatic carbocycles. The van der Waals surface area contributed by atoms with Gasteiger partial charge in [-0.2, -0.15) is 0 Å². The molecule has 7 nitrogen and oxygen atoms in total. The molecular weight excluding hydrogens is 652 g/mol. The lowest BCUT2D eigenvalue weighted by Crippen LogP contribution is -2.66. The Morgan fingerprint density at radius 1 is 0.840 bits per heavy atom. The van der Waals surface area contributed by atoms with Gasteiger partial charge in [0.15, 0.2) is 6.10 Å². The van der Waals surface area contributed by atoms with Crippen molar-refractivity contribution in [2.45, 2.75) is 76.6 Å². The minimum atomic E-state index is -2.92. The molecule has 0 saturated carbocycles. The summed E-state index contributed by atoms with van der Waals surface area (Å²) in [5.41, 5.74) is 1.12. The fourth-order valence-electron chi connectivity index (χ4n) is 5.94. The molecule has 0 spiro atoms. The van der Waals surface area contributed by atoms with Crippen LogP contribution in [0.25, 0.3) is 0 Å². The highest BCUT2D eigenvalue weighted by Gasteiger charge is 2.50. The van der Waals surface area contributed by atoms with Crippen LogP contribution in [0.2, 0.25) is 5.04 Å². The molecule has 0 radical (unpaired) electrons. The summed E-state index contributed by atoms with van der Waals surface area (Å²) in [6, 6.07) is 35.7. The van der Waals surface area contributed by atoms with Gasteiger partial charge in [0.25, 0.3) is 8.32 Å². The third kappa shape index (κ3) is 9.99. The molecule has 0 saturated heterocycles. The number of rotatable bonds is 17. The number of methoxy groups -OCH3 is 1. The number of carbonyl (C=O) groups is 1. The van der Waals surface area contributed by atoms with E-state index in [4.69, 9.17) is 18.6 Å². The smallest absolute Gasteiger partial charge is 0.338 e. The third-order valence-corrected chi connectivity index (χ3v) is 13.7. The minimum Gasteiger partial charge on any atom is -0.497 e. The standard InChI is InChI=1S/C41H49FO7Si/c1-30(47-29-31-22-24-33(46-5)25-23-31)21-26-36(42)39(49-40(45)32-15-9-6-10-16-32)38(44)37(43)27-28-48-50(41(2,3)4,34-17-11-7-12-18-34)35-19-13-8-14-20-35/h6-20,22-26,30,37-39,43-44H,21,27-29H2,1-5H3/b36-26+/t30-,37?,38?,39?/m1/s1. The second kappa shape index (κ2) is 18.2. The summed E-state index contributed by atoms with van der Waals surface area (Å²) in [5.74, 6) is -0.968. The quantitative estimate of drug-likeness (QED) is 0.0929. The lowest BCUT2D eigenvalue weighted by atomic mass is 10.0. The predicted molar refractivity (Wildman–Crippen MR) is 197 cm³/mol. The van der Waals surface area contributed by atoms with Crippen LogP contribution in [0, 0.1) is 0 Å². The Balaban J connectivity index is 1.50. The molecule has 2 N–H and O–H groups in total. The van der Waals surface area contributed by atoms with E-state index in [1.54, 1.807) is 32.2 Å². The first-order valence-corrected chi connectivity index (χ1v) is 18.8. The molecule has 0 bridgehead atoms. The minimum absolute atomic E-state index is 0.0281. The molecular formula is C41H49FO7Si. The summed E-state index contributed by atoms with van der Waals surface area (Å²) in [4.78, 5) is 13.0. The molecule has 0 fully saturated rings. The zero-order valence-corrected chi connectivity index (χ0v) is 30.5. The molecule has 4 atom stereocenters. The van der Waals surface area contributed by atoms with Crippen molar-refractivity contribution in [1.82, 2.24) is 0 Å². The van der Waals surface area contributed by atoms with Gasteiger partial charge >= 0.3 is 5.97 Å². The number of hydrogen-bond acceptors (Lipinski definition) is 7. The Hall–Kier alpha value is -4.12. The predicted octanol–water partition coefficient (Wildman–Crippen LogP) is 6.76. The van der Waals surface area contributed by atoms with E-state index >= 15 is 4.39 Å². The van der Waals surface area contributed by atoms with Crippen molar-refractivity contribution in [2.75, 3.05) is 13.7 Å². The molecule has 4 rings (SSSR count). The summed E-state index contributed by atoms with van der Waals surface area (Å²) >= 11 is 0. The van der Waals surface area contributed by atoms with Gasteiger partial charge in [-0.1, -0.05) is 112 Å². The van der Waals surface area contributed by atoms with Crippen molar-refractivity contribution in [3.63, 3.8) is 0 Å². The van der Waals surface area contributed by atoms with Gasteiger partial charge in [-0.25, -0.2) is 9.18 Å². The van der Waals surface area contributed by atoms with Crippen molar-refractivity contribution in [3.05, 3.63) is 138 Å². The Bertz CT molecular complexity index is 1590. The second-order valence-electron chi connectivity index (χ2n) is 13.3. The number of esters is 1. The van der Waals surface area contributed by atoms with Crippen LogP contribution in [0.5, 0.6) is 5.75 Å². The van der Waals surface area contributed by atoms with Crippen molar-refractivity contribution in [1.29, 1.82) is 0 Å². The Morgan fingerprint density at radius 2 is 1.38 bits per heavy atom. The van der Waals surface area contributed by atoms with E-state index in [2.05, 4.69) is 45.0 Å². The molecule has 50 heavy (non-hydrogen) atoms. The lowest BCUT2D eigenvalue weighted by Gasteiger charge is -2.43. The SMILES string of the molecule is COc1ccc(CO[C@H](C)C/C=C(/F)C(OC(=O)c2ccccc2)C(O)C(O)CCO[Si](c2ccccc2)(c2ccccc2)C(C)(C)C)cc1.